The van der Waals surface area contributed by atoms with Gasteiger partial charge in [0.15, 0.2) is 0 Å². The summed E-state index contributed by atoms with van der Waals surface area (Å²) in [6, 6.07) is 0. The van der Waals surface area contributed by atoms with E-state index < -0.39 is 6.48 Å². The molecule has 52 heavy (non-hydrogen) atoms. The van der Waals surface area contributed by atoms with Crippen LogP contribution in [0.4, 0.5) is 0 Å². The van der Waals surface area contributed by atoms with Gasteiger partial charge in [0.05, 0.1) is 34.4 Å². The Kier molecular flexibility index (Phi) is 40.8. The normalized spacial score (nSPS) is 13.6. The molecule has 0 saturated heterocycles. The molecule has 0 spiro atoms. The van der Waals surface area contributed by atoms with E-state index in [1.54, 1.807) is 7.11 Å². The Morgan fingerprint density at radius 3 is 1.25 bits per heavy atom. The van der Waals surface area contributed by atoms with Crippen molar-refractivity contribution >= 4 is 0 Å². The first-order valence-electron chi connectivity index (χ1n) is 22.5. The Hall–Kier alpha value is -0.760. The van der Waals surface area contributed by atoms with Crippen molar-refractivity contribution in [3.63, 3.8) is 0 Å². The van der Waals surface area contributed by atoms with Crippen LogP contribution < -0.4 is 0 Å². The highest BCUT2D eigenvalue weighted by Gasteiger charge is 2.17. The summed E-state index contributed by atoms with van der Waals surface area (Å²) in [6.45, 7) is 7.83. The Morgan fingerprint density at radius 1 is 0.423 bits per heavy atom. The van der Waals surface area contributed by atoms with Crippen LogP contribution in [0.25, 0.3) is 0 Å². The van der Waals surface area contributed by atoms with E-state index in [-0.39, 0.29) is 6.10 Å². The Bertz CT molecular complexity index is 737. The van der Waals surface area contributed by atoms with E-state index in [2.05, 4.69) is 59.3 Å². The van der Waals surface area contributed by atoms with Crippen LogP contribution in [-0.2, 0) is 23.7 Å². The molecule has 0 fully saturated rings. The van der Waals surface area contributed by atoms with Gasteiger partial charge < -0.3 is 28.2 Å². The number of rotatable bonds is 43. The third-order valence-corrected chi connectivity index (χ3v) is 9.74. The summed E-state index contributed by atoms with van der Waals surface area (Å²) in [5.41, 5.74) is 0. The van der Waals surface area contributed by atoms with E-state index >= 15 is 0 Å². The second kappa shape index (κ2) is 41.4. The zero-order valence-corrected chi connectivity index (χ0v) is 36.0. The standard InChI is InChI=1S/C46H92NO5/c1-7-9-11-13-15-17-19-21-23-25-27-29-31-33-35-37-40-49-43-45(44-52-46(48-6)51-42-39-47(3,4)5)50-41-38-36-34-32-30-28-26-24-22-20-18-16-14-12-10-8-2/h21-24,45-46H,7-20,25-44H2,1-6H3/q+1/b23-21-,24-22-. The van der Waals surface area contributed by atoms with Crippen LogP contribution in [0.15, 0.2) is 24.3 Å². The molecule has 0 bridgehead atoms. The minimum absolute atomic E-state index is 0.114. The van der Waals surface area contributed by atoms with Gasteiger partial charge in [-0.3, -0.25) is 0 Å². The lowest BCUT2D eigenvalue weighted by Gasteiger charge is -2.26. The smallest absolute Gasteiger partial charge is 0.271 e. The largest absolute Gasteiger partial charge is 0.379 e. The fourth-order valence-corrected chi connectivity index (χ4v) is 6.20. The third kappa shape index (κ3) is 42.0. The van der Waals surface area contributed by atoms with Crippen LogP contribution in [-0.4, -0.2) is 84.9 Å². The minimum Gasteiger partial charge on any atom is -0.379 e. The van der Waals surface area contributed by atoms with Crippen molar-refractivity contribution in [2.24, 2.45) is 0 Å². The highest BCUT2D eigenvalue weighted by atomic mass is 16.8. The number of allylic oxidation sites excluding steroid dienone is 4. The fourth-order valence-electron chi connectivity index (χ4n) is 6.20. The Morgan fingerprint density at radius 2 is 0.827 bits per heavy atom. The zero-order valence-electron chi connectivity index (χ0n) is 36.0. The first kappa shape index (κ1) is 51.2. The number of nitrogens with zero attached hydrogens (tertiary/aromatic N) is 1. The number of hydrogen-bond acceptors (Lipinski definition) is 5. The van der Waals surface area contributed by atoms with Gasteiger partial charge in [-0.25, -0.2) is 0 Å². The molecule has 6 nitrogen and oxygen atoms in total. The zero-order chi connectivity index (χ0) is 38.1. The molecular weight excluding hydrogens is 647 g/mol. The van der Waals surface area contributed by atoms with Gasteiger partial charge >= 0.3 is 0 Å². The molecular formula is C46H92NO5+. The molecule has 6 heteroatoms. The van der Waals surface area contributed by atoms with Gasteiger partial charge in [-0.15, -0.1) is 0 Å². The topological polar surface area (TPSA) is 46.2 Å². The van der Waals surface area contributed by atoms with Gasteiger partial charge in [-0.2, -0.15) is 0 Å². The SMILES string of the molecule is CCCCCCCC/C=C\CCCCCCCCOCC(COC(OC)OCC[N+](C)(C)C)OCCCCCCCC/C=C\CCCCCCCC. The van der Waals surface area contributed by atoms with Gasteiger partial charge in [0.2, 0.25) is 0 Å². The van der Waals surface area contributed by atoms with Crippen LogP contribution in [0.5, 0.6) is 0 Å². The van der Waals surface area contributed by atoms with Gasteiger partial charge in [-0.1, -0.05) is 154 Å². The maximum Gasteiger partial charge on any atom is 0.271 e. The summed E-state index contributed by atoms with van der Waals surface area (Å²) in [4.78, 5) is 0. The van der Waals surface area contributed by atoms with Crippen molar-refractivity contribution in [1.29, 1.82) is 0 Å². The number of unbranched alkanes of at least 4 members (excludes halogenated alkanes) is 24. The summed E-state index contributed by atoms with van der Waals surface area (Å²) in [5, 5.41) is 0. The quantitative estimate of drug-likeness (QED) is 0.0270. The molecule has 0 aliphatic heterocycles. The molecule has 2 unspecified atom stereocenters. The average Bonchev–Trinajstić information content (AvgIpc) is 3.12. The Labute approximate surface area is 325 Å². The van der Waals surface area contributed by atoms with Crippen LogP contribution in [0, 0.1) is 0 Å². The van der Waals surface area contributed by atoms with Crippen molar-refractivity contribution in [3.8, 4) is 0 Å². The van der Waals surface area contributed by atoms with Crippen LogP contribution >= 0.6 is 0 Å². The maximum atomic E-state index is 6.27. The molecule has 0 aromatic rings. The fraction of sp³-hybridized carbons (Fsp3) is 0.913. The third-order valence-electron chi connectivity index (χ3n) is 9.74. The molecule has 0 aromatic heterocycles. The number of quaternary nitrogens is 1. The molecule has 0 aliphatic rings. The van der Waals surface area contributed by atoms with Crippen molar-refractivity contribution in [2.45, 2.75) is 206 Å². The van der Waals surface area contributed by atoms with Crippen molar-refractivity contribution in [3.05, 3.63) is 24.3 Å². The molecule has 0 saturated carbocycles. The molecule has 0 amide bonds. The Balaban J connectivity index is 4.09. The second-order valence-electron chi connectivity index (χ2n) is 16.2. The van der Waals surface area contributed by atoms with Gasteiger partial charge in [0.25, 0.3) is 6.48 Å². The van der Waals surface area contributed by atoms with E-state index in [1.165, 1.54) is 167 Å². The molecule has 0 aromatic carbocycles. The summed E-state index contributed by atoms with van der Waals surface area (Å²) < 4.78 is 30.4. The van der Waals surface area contributed by atoms with Crippen molar-refractivity contribution < 1.29 is 28.2 Å². The number of ether oxygens (including phenoxy) is 5. The predicted octanol–water partition coefficient (Wildman–Crippen LogP) is 13.1. The molecule has 0 rings (SSSR count). The lowest BCUT2D eigenvalue weighted by atomic mass is 10.1. The first-order valence-corrected chi connectivity index (χ1v) is 22.5. The summed E-state index contributed by atoms with van der Waals surface area (Å²) in [6.07, 6.45) is 46.3. The van der Waals surface area contributed by atoms with Gasteiger partial charge in [0.1, 0.15) is 19.3 Å². The lowest BCUT2D eigenvalue weighted by molar-refractivity contribution is -0.871. The van der Waals surface area contributed by atoms with E-state index in [0.29, 0.717) is 19.8 Å². The highest BCUT2D eigenvalue weighted by Crippen LogP contribution is 2.13. The van der Waals surface area contributed by atoms with Gasteiger partial charge in [-0.05, 0) is 64.2 Å². The lowest BCUT2D eigenvalue weighted by Crippen LogP contribution is -2.39. The van der Waals surface area contributed by atoms with E-state index in [9.17, 15) is 0 Å². The molecule has 0 heterocycles. The number of hydrogen-bond donors (Lipinski definition) is 0. The summed E-state index contributed by atoms with van der Waals surface area (Å²) in [5.74, 6) is 0. The minimum atomic E-state index is -0.682. The van der Waals surface area contributed by atoms with Crippen LogP contribution in [0.3, 0.4) is 0 Å². The highest BCUT2D eigenvalue weighted by molar-refractivity contribution is 4.82. The van der Waals surface area contributed by atoms with Crippen molar-refractivity contribution in [1.82, 2.24) is 0 Å². The van der Waals surface area contributed by atoms with E-state index in [0.717, 1.165) is 37.1 Å². The molecule has 2 atom stereocenters. The number of methoxy groups -OCH3 is 1. The van der Waals surface area contributed by atoms with Crippen LogP contribution in [0.2, 0.25) is 0 Å². The van der Waals surface area contributed by atoms with Crippen LogP contribution in [0.1, 0.15) is 194 Å². The summed E-state index contributed by atoms with van der Waals surface area (Å²) >= 11 is 0. The molecule has 0 N–H and O–H groups in total. The second-order valence-corrected chi connectivity index (χ2v) is 16.2. The van der Waals surface area contributed by atoms with E-state index in [4.69, 9.17) is 23.7 Å². The molecule has 0 radical (unpaired) electrons. The number of likely N-dealkylation sites (N-methyl/N-ethyl adjacent to an activating group) is 1. The van der Waals surface area contributed by atoms with Crippen molar-refractivity contribution in [2.75, 3.05) is 67.8 Å². The van der Waals surface area contributed by atoms with Gasteiger partial charge in [0, 0.05) is 20.3 Å². The average molecular weight is 739 g/mol. The molecule has 0 aliphatic carbocycles. The first-order chi connectivity index (χ1) is 25.4. The summed E-state index contributed by atoms with van der Waals surface area (Å²) in [7, 11) is 8.09. The monoisotopic (exact) mass is 739 g/mol. The maximum absolute atomic E-state index is 6.27. The molecule has 310 valence electrons. The predicted molar refractivity (Wildman–Crippen MR) is 225 cm³/mol. The van der Waals surface area contributed by atoms with E-state index in [1.807, 2.05) is 0 Å².